The molecular formula is C26H29N7O2. The largest absolute Gasteiger partial charge is 0.488 e. The second-order valence-electron chi connectivity index (χ2n) is 9.51. The Kier molecular flexibility index (Phi) is 5.58. The lowest BCUT2D eigenvalue weighted by molar-refractivity contribution is -0.0122. The minimum atomic E-state index is 0.146. The molecule has 0 spiro atoms. The first-order valence-corrected chi connectivity index (χ1v) is 12.0. The van der Waals surface area contributed by atoms with Gasteiger partial charge in [-0.2, -0.15) is 5.10 Å². The van der Waals surface area contributed by atoms with Crippen molar-refractivity contribution in [3.05, 3.63) is 59.9 Å². The monoisotopic (exact) mass is 471 g/mol. The van der Waals surface area contributed by atoms with Gasteiger partial charge < -0.3 is 20.1 Å². The number of aryl methyl sites for hydroxylation is 3. The minimum Gasteiger partial charge on any atom is -0.488 e. The molecule has 6 rings (SSSR count). The number of nitrogens with one attached hydrogen (secondary N) is 2. The highest BCUT2D eigenvalue weighted by Crippen LogP contribution is 2.34. The zero-order valence-corrected chi connectivity index (χ0v) is 20.2. The molecule has 2 bridgehead atoms. The molecule has 2 aliphatic rings. The van der Waals surface area contributed by atoms with Crippen LogP contribution < -0.4 is 15.4 Å². The van der Waals surface area contributed by atoms with Crippen LogP contribution in [0.5, 0.6) is 5.75 Å². The molecule has 0 aromatic carbocycles. The van der Waals surface area contributed by atoms with Gasteiger partial charge in [-0.05, 0) is 44.5 Å². The van der Waals surface area contributed by atoms with Crippen molar-refractivity contribution in [2.24, 2.45) is 0 Å². The predicted molar refractivity (Wildman–Crippen MR) is 133 cm³/mol. The van der Waals surface area contributed by atoms with Crippen molar-refractivity contribution in [1.29, 1.82) is 0 Å². The molecule has 0 amide bonds. The molecule has 4 aromatic heterocycles. The van der Waals surface area contributed by atoms with Crippen molar-refractivity contribution in [2.45, 2.75) is 51.8 Å². The van der Waals surface area contributed by atoms with Crippen LogP contribution >= 0.6 is 0 Å². The summed E-state index contributed by atoms with van der Waals surface area (Å²) in [5.74, 6) is 3.00. The van der Waals surface area contributed by atoms with Crippen molar-refractivity contribution in [1.82, 2.24) is 29.9 Å². The van der Waals surface area contributed by atoms with Crippen LogP contribution in [0.2, 0.25) is 0 Å². The fraction of sp³-hybridized carbons (Fsp3) is 0.385. The molecule has 6 heterocycles. The molecule has 9 heteroatoms. The molecule has 2 aliphatic heterocycles. The molecule has 0 aliphatic carbocycles. The second-order valence-corrected chi connectivity index (χ2v) is 9.51. The summed E-state index contributed by atoms with van der Waals surface area (Å²) in [6, 6.07) is 10.9. The maximum absolute atomic E-state index is 6.54. The van der Waals surface area contributed by atoms with E-state index in [1.54, 1.807) is 0 Å². The summed E-state index contributed by atoms with van der Waals surface area (Å²) >= 11 is 0. The Morgan fingerprint density at radius 1 is 1.00 bits per heavy atom. The van der Waals surface area contributed by atoms with Gasteiger partial charge in [0.05, 0.1) is 24.9 Å². The van der Waals surface area contributed by atoms with E-state index < -0.39 is 0 Å². The van der Waals surface area contributed by atoms with Gasteiger partial charge in [0.25, 0.3) is 0 Å². The highest BCUT2D eigenvalue weighted by atomic mass is 16.5. The van der Waals surface area contributed by atoms with Crippen LogP contribution in [-0.4, -0.2) is 56.0 Å². The molecule has 4 aromatic rings. The van der Waals surface area contributed by atoms with E-state index in [2.05, 4.69) is 48.9 Å². The summed E-state index contributed by atoms with van der Waals surface area (Å²) in [6.45, 7) is 7.34. The topological polar surface area (TPSA) is 98.5 Å². The van der Waals surface area contributed by atoms with Crippen molar-refractivity contribution in [3.63, 3.8) is 0 Å². The highest BCUT2D eigenvalue weighted by Gasteiger charge is 2.33. The number of piperidine rings is 1. The summed E-state index contributed by atoms with van der Waals surface area (Å²) in [5.41, 5.74) is 4.94. The molecule has 0 saturated carbocycles. The number of fused-ring (bicyclic) bond motifs is 3. The number of aromatic nitrogens is 5. The van der Waals surface area contributed by atoms with Crippen molar-refractivity contribution < 1.29 is 9.47 Å². The van der Waals surface area contributed by atoms with Crippen LogP contribution in [0.1, 0.15) is 30.1 Å². The van der Waals surface area contributed by atoms with Gasteiger partial charge in [-0.3, -0.25) is 4.98 Å². The second kappa shape index (κ2) is 8.90. The maximum Gasteiger partial charge on any atom is 0.154 e. The average Bonchev–Trinajstić information content (AvgIpc) is 3.20. The fourth-order valence-corrected chi connectivity index (χ4v) is 5.06. The van der Waals surface area contributed by atoms with Crippen LogP contribution in [-0.2, 0) is 4.74 Å². The van der Waals surface area contributed by atoms with Crippen molar-refractivity contribution in [2.75, 3.05) is 18.5 Å². The van der Waals surface area contributed by atoms with Gasteiger partial charge in [0.1, 0.15) is 23.5 Å². The summed E-state index contributed by atoms with van der Waals surface area (Å²) in [6.07, 6.45) is 5.84. The molecule has 9 nitrogen and oxygen atoms in total. The fourth-order valence-electron chi connectivity index (χ4n) is 5.06. The SMILES string of the molecule is Cc1cc(-c2ccn3nc(Nc4cc(C)nc(C)n4)cc3c2)c(OC2C[C@H]3COC[C@@H](C2)N3)cn1. The van der Waals surface area contributed by atoms with Gasteiger partial charge in [0.15, 0.2) is 5.82 Å². The Labute approximate surface area is 203 Å². The van der Waals surface area contributed by atoms with E-state index in [0.717, 1.165) is 77.3 Å². The number of ether oxygens (including phenoxy) is 2. The Hall–Kier alpha value is -3.56. The van der Waals surface area contributed by atoms with Crippen LogP contribution in [0.15, 0.2) is 42.7 Å². The number of hydrogen-bond donors (Lipinski definition) is 2. The zero-order chi connectivity index (χ0) is 23.9. The molecular weight excluding hydrogens is 442 g/mol. The lowest BCUT2D eigenvalue weighted by Crippen LogP contribution is -2.56. The predicted octanol–water partition coefficient (Wildman–Crippen LogP) is 3.75. The third kappa shape index (κ3) is 4.69. The third-order valence-electron chi connectivity index (χ3n) is 6.50. The Morgan fingerprint density at radius 2 is 1.83 bits per heavy atom. The first-order valence-electron chi connectivity index (χ1n) is 12.0. The van der Waals surface area contributed by atoms with E-state index in [1.807, 2.05) is 49.8 Å². The maximum atomic E-state index is 6.54. The number of pyridine rings is 2. The van der Waals surface area contributed by atoms with E-state index in [-0.39, 0.29) is 6.10 Å². The molecule has 2 fully saturated rings. The summed E-state index contributed by atoms with van der Waals surface area (Å²) in [5, 5.41) is 11.6. The van der Waals surface area contributed by atoms with E-state index in [4.69, 9.17) is 9.47 Å². The van der Waals surface area contributed by atoms with Crippen molar-refractivity contribution >= 4 is 17.2 Å². The Bertz CT molecular complexity index is 1350. The van der Waals surface area contributed by atoms with E-state index in [1.165, 1.54) is 0 Å². The lowest BCUT2D eigenvalue weighted by Gasteiger charge is -2.40. The van der Waals surface area contributed by atoms with Crippen LogP contribution in [0.3, 0.4) is 0 Å². The first kappa shape index (κ1) is 21.9. The van der Waals surface area contributed by atoms with Crippen LogP contribution in [0.4, 0.5) is 11.6 Å². The average molecular weight is 472 g/mol. The number of nitrogens with zero attached hydrogens (tertiary/aromatic N) is 5. The first-order chi connectivity index (χ1) is 17.0. The minimum absolute atomic E-state index is 0.146. The third-order valence-corrected chi connectivity index (χ3v) is 6.50. The zero-order valence-electron chi connectivity index (χ0n) is 20.2. The highest BCUT2D eigenvalue weighted by molar-refractivity contribution is 5.75. The normalized spacial score (nSPS) is 21.7. The van der Waals surface area contributed by atoms with E-state index >= 15 is 0 Å². The van der Waals surface area contributed by atoms with Gasteiger partial charge in [-0.1, -0.05) is 0 Å². The molecule has 3 atom stereocenters. The van der Waals surface area contributed by atoms with Gasteiger partial charge in [0, 0.05) is 60.2 Å². The van der Waals surface area contributed by atoms with Crippen molar-refractivity contribution in [3.8, 4) is 16.9 Å². The van der Waals surface area contributed by atoms with E-state index in [9.17, 15) is 0 Å². The summed E-state index contributed by atoms with van der Waals surface area (Å²) in [7, 11) is 0. The Morgan fingerprint density at radius 3 is 2.63 bits per heavy atom. The summed E-state index contributed by atoms with van der Waals surface area (Å²) < 4.78 is 14.1. The smallest absolute Gasteiger partial charge is 0.154 e. The number of rotatable bonds is 5. The molecule has 2 saturated heterocycles. The molecule has 0 radical (unpaired) electrons. The van der Waals surface area contributed by atoms with Crippen LogP contribution in [0, 0.1) is 20.8 Å². The molecule has 180 valence electrons. The molecule has 1 unspecified atom stereocenters. The number of hydrogen-bond acceptors (Lipinski definition) is 8. The van der Waals surface area contributed by atoms with Crippen LogP contribution in [0.25, 0.3) is 16.6 Å². The molecule has 2 N–H and O–H groups in total. The standard InChI is InChI=1S/C26H29N7O2/c1-15-6-23(24(12-27-15)35-22-9-19-13-34-14-20(10-22)30-19)18-4-5-33-21(8-18)11-26(32-33)31-25-7-16(2)28-17(3)29-25/h4-8,11-12,19-20,22,30H,9-10,13-14H2,1-3H3,(H,28,29,31,32)/t19-,20+,22?. The summed E-state index contributed by atoms with van der Waals surface area (Å²) in [4.78, 5) is 13.3. The van der Waals surface area contributed by atoms with Gasteiger partial charge in [-0.15, -0.1) is 0 Å². The number of anilines is 2. The van der Waals surface area contributed by atoms with E-state index in [0.29, 0.717) is 12.1 Å². The van der Waals surface area contributed by atoms with Gasteiger partial charge in [0.2, 0.25) is 0 Å². The quantitative estimate of drug-likeness (QED) is 0.454. The van der Waals surface area contributed by atoms with Gasteiger partial charge >= 0.3 is 0 Å². The molecule has 35 heavy (non-hydrogen) atoms. The Balaban J connectivity index is 1.28. The van der Waals surface area contributed by atoms with Gasteiger partial charge in [-0.25, -0.2) is 14.5 Å². The number of morpholine rings is 1. The lowest BCUT2D eigenvalue weighted by atomic mass is 9.94.